The second-order valence-corrected chi connectivity index (χ2v) is 13.1. The maximum absolute atomic E-state index is 5.90. The number of nitrogens with zero attached hydrogens (tertiary/aromatic N) is 1. The van der Waals surface area contributed by atoms with Gasteiger partial charge in [-0.05, 0) is 28.8 Å². The Hall–Kier alpha value is -3.09. The summed E-state index contributed by atoms with van der Waals surface area (Å²) < 4.78 is 5.90. The molecule has 0 aliphatic carbocycles. The molecular weight excluding hydrogens is 382 g/mol. The molecule has 3 rings (SSSR count). The molecule has 1 atom stereocenters. The minimum Gasteiger partial charge on any atom is -0.489 e. The summed E-state index contributed by atoms with van der Waals surface area (Å²) in [5, 5.41) is 0. The maximum atomic E-state index is 5.90. The number of rotatable bonds is 7. The second-order valence-electron chi connectivity index (χ2n) is 8.35. The highest BCUT2D eigenvalue weighted by atomic mass is 28.3. The summed E-state index contributed by atoms with van der Waals surface area (Å²) in [6, 6.07) is 28.6. The van der Waals surface area contributed by atoms with Crippen LogP contribution < -0.4 is 4.74 Å². The van der Waals surface area contributed by atoms with E-state index >= 15 is 0 Å². The fourth-order valence-electron chi connectivity index (χ4n) is 2.84. The highest BCUT2D eigenvalue weighted by Gasteiger charge is 2.10. The molecule has 2 nitrogen and oxygen atoms in total. The highest BCUT2D eigenvalue weighted by Crippen LogP contribution is 2.16. The van der Waals surface area contributed by atoms with Crippen molar-refractivity contribution in [1.29, 1.82) is 0 Å². The van der Waals surface area contributed by atoms with Crippen LogP contribution in [0.1, 0.15) is 16.7 Å². The first-order chi connectivity index (χ1) is 14.5. The predicted octanol–water partition coefficient (Wildman–Crippen LogP) is 6.18. The van der Waals surface area contributed by atoms with Gasteiger partial charge in [-0.2, -0.15) is 0 Å². The lowest BCUT2D eigenvalue weighted by atomic mass is 10.1. The van der Waals surface area contributed by atoms with Crippen LogP contribution in [0.25, 0.3) is 0 Å². The first-order valence-electron chi connectivity index (χ1n) is 10.3. The van der Waals surface area contributed by atoms with Crippen molar-refractivity contribution < 1.29 is 4.74 Å². The molecule has 0 saturated carbocycles. The van der Waals surface area contributed by atoms with Crippen molar-refractivity contribution in [1.82, 2.24) is 0 Å². The minimum atomic E-state index is -1.45. The average molecular weight is 412 g/mol. The van der Waals surface area contributed by atoms with Crippen LogP contribution in [-0.4, -0.2) is 20.3 Å². The van der Waals surface area contributed by atoms with Crippen molar-refractivity contribution in [2.45, 2.75) is 38.7 Å². The predicted molar refractivity (Wildman–Crippen MR) is 130 cm³/mol. The summed E-state index contributed by atoms with van der Waals surface area (Å²) in [6.45, 7) is 7.36. The van der Waals surface area contributed by atoms with Crippen LogP contribution in [0.5, 0.6) is 5.75 Å². The topological polar surface area (TPSA) is 21.6 Å². The Balaban J connectivity index is 1.66. The SMILES string of the molecule is C[Si](C)(C)C#CC(Cc1ccc(OCc2ccccc2)cc1)N=Cc1ccccc1. The van der Waals surface area contributed by atoms with Crippen molar-refractivity contribution in [3.8, 4) is 17.2 Å². The summed E-state index contributed by atoms with van der Waals surface area (Å²) in [5.74, 6) is 4.30. The van der Waals surface area contributed by atoms with E-state index in [1.54, 1.807) is 0 Å². The fraction of sp³-hybridized carbons (Fsp3) is 0.222. The molecule has 0 bridgehead atoms. The standard InChI is InChI=1S/C27H29NOSi/c1-30(2,3)19-18-26(28-21-24-10-6-4-7-11-24)20-23-14-16-27(17-15-23)29-22-25-12-8-5-9-13-25/h4-17,21,26H,20,22H2,1-3H3. The Morgan fingerprint density at radius 3 is 2.10 bits per heavy atom. The second kappa shape index (κ2) is 10.6. The number of ether oxygens (including phenoxy) is 1. The van der Waals surface area contributed by atoms with Crippen molar-refractivity contribution in [2.75, 3.05) is 0 Å². The van der Waals surface area contributed by atoms with Crippen LogP contribution in [0.3, 0.4) is 0 Å². The molecule has 152 valence electrons. The molecule has 0 fully saturated rings. The Bertz CT molecular complexity index is 994. The van der Waals surface area contributed by atoms with Gasteiger partial charge in [0, 0.05) is 12.6 Å². The van der Waals surface area contributed by atoms with E-state index < -0.39 is 8.07 Å². The number of benzene rings is 3. The zero-order valence-corrected chi connectivity index (χ0v) is 19.0. The first kappa shape index (κ1) is 21.6. The van der Waals surface area contributed by atoms with E-state index in [1.165, 1.54) is 11.1 Å². The van der Waals surface area contributed by atoms with E-state index in [0.29, 0.717) is 6.61 Å². The maximum Gasteiger partial charge on any atom is 0.129 e. The number of aliphatic imine (C=N–C) groups is 1. The first-order valence-corrected chi connectivity index (χ1v) is 13.8. The van der Waals surface area contributed by atoms with E-state index in [0.717, 1.165) is 17.7 Å². The van der Waals surface area contributed by atoms with Gasteiger partial charge in [-0.25, -0.2) is 0 Å². The van der Waals surface area contributed by atoms with Crippen molar-refractivity contribution >= 4 is 14.3 Å². The van der Waals surface area contributed by atoms with Gasteiger partial charge in [0.25, 0.3) is 0 Å². The van der Waals surface area contributed by atoms with Crippen LogP contribution >= 0.6 is 0 Å². The van der Waals surface area contributed by atoms with Gasteiger partial charge < -0.3 is 4.74 Å². The normalized spacial score (nSPS) is 12.2. The lowest BCUT2D eigenvalue weighted by Crippen LogP contribution is -2.18. The summed E-state index contributed by atoms with van der Waals surface area (Å²) in [7, 11) is -1.45. The number of hydrogen-bond acceptors (Lipinski definition) is 2. The van der Waals surface area contributed by atoms with Crippen LogP contribution in [-0.2, 0) is 13.0 Å². The van der Waals surface area contributed by atoms with Crippen LogP contribution in [0.15, 0.2) is 89.9 Å². The van der Waals surface area contributed by atoms with Gasteiger partial charge in [0.1, 0.15) is 26.5 Å². The molecule has 3 heteroatoms. The molecule has 0 N–H and O–H groups in total. The van der Waals surface area contributed by atoms with Gasteiger partial charge in [0.2, 0.25) is 0 Å². The molecule has 30 heavy (non-hydrogen) atoms. The van der Waals surface area contributed by atoms with Gasteiger partial charge in [-0.15, -0.1) is 5.54 Å². The Labute approximate surface area is 181 Å². The summed E-state index contributed by atoms with van der Waals surface area (Å²) in [6.07, 6.45) is 2.72. The Morgan fingerprint density at radius 2 is 1.47 bits per heavy atom. The van der Waals surface area contributed by atoms with Gasteiger partial charge in [0.15, 0.2) is 0 Å². The molecule has 0 heterocycles. The van der Waals surface area contributed by atoms with E-state index in [1.807, 2.05) is 54.7 Å². The molecule has 1 unspecified atom stereocenters. The molecule has 0 radical (unpaired) electrons. The molecule has 0 aliphatic heterocycles. The largest absolute Gasteiger partial charge is 0.489 e. The molecular formula is C27H29NOSi. The summed E-state index contributed by atoms with van der Waals surface area (Å²) in [5.41, 5.74) is 6.95. The summed E-state index contributed by atoms with van der Waals surface area (Å²) >= 11 is 0. The van der Waals surface area contributed by atoms with Gasteiger partial charge in [-0.3, -0.25) is 4.99 Å². The van der Waals surface area contributed by atoms with Gasteiger partial charge >= 0.3 is 0 Å². The van der Waals surface area contributed by atoms with Crippen molar-refractivity contribution in [2.24, 2.45) is 4.99 Å². The third kappa shape index (κ3) is 7.73. The van der Waals surface area contributed by atoms with Crippen LogP contribution in [0, 0.1) is 11.5 Å². The van der Waals surface area contributed by atoms with E-state index in [2.05, 4.69) is 67.5 Å². The van der Waals surface area contributed by atoms with Crippen LogP contribution in [0.4, 0.5) is 0 Å². The molecule has 0 spiro atoms. The van der Waals surface area contributed by atoms with Crippen molar-refractivity contribution in [3.05, 3.63) is 102 Å². The van der Waals surface area contributed by atoms with Gasteiger partial charge in [0.05, 0.1) is 0 Å². The zero-order chi connectivity index (χ0) is 21.2. The quantitative estimate of drug-likeness (QED) is 0.258. The molecule has 0 aromatic heterocycles. The average Bonchev–Trinajstić information content (AvgIpc) is 2.76. The molecule has 0 amide bonds. The Morgan fingerprint density at radius 1 is 0.833 bits per heavy atom. The van der Waals surface area contributed by atoms with E-state index in [4.69, 9.17) is 9.73 Å². The van der Waals surface area contributed by atoms with Gasteiger partial charge in [-0.1, -0.05) is 98.4 Å². The minimum absolute atomic E-state index is 0.0481. The summed E-state index contributed by atoms with van der Waals surface area (Å²) in [4.78, 5) is 4.78. The molecule has 3 aromatic carbocycles. The van der Waals surface area contributed by atoms with E-state index in [9.17, 15) is 0 Å². The zero-order valence-electron chi connectivity index (χ0n) is 18.0. The monoisotopic (exact) mass is 411 g/mol. The van der Waals surface area contributed by atoms with Crippen LogP contribution in [0.2, 0.25) is 19.6 Å². The molecule has 3 aromatic rings. The smallest absolute Gasteiger partial charge is 0.129 e. The molecule has 0 saturated heterocycles. The third-order valence-electron chi connectivity index (χ3n) is 4.42. The Kier molecular flexibility index (Phi) is 7.65. The van der Waals surface area contributed by atoms with Crippen molar-refractivity contribution in [3.63, 3.8) is 0 Å². The third-order valence-corrected chi connectivity index (χ3v) is 5.31. The highest BCUT2D eigenvalue weighted by molar-refractivity contribution is 6.83. The molecule has 0 aliphatic rings. The number of hydrogen-bond donors (Lipinski definition) is 0. The fourth-order valence-corrected chi connectivity index (χ4v) is 3.44. The lowest BCUT2D eigenvalue weighted by molar-refractivity contribution is 0.306. The lowest BCUT2D eigenvalue weighted by Gasteiger charge is -2.10. The van der Waals surface area contributed by atoms with E-state index in [-0.39, 0.29) is 6.04 Å².